The van der Waals surface area contributed by atoms with Crippen molar-refractivity contribution < 1.29 is 67.4 Å². The molecular formula is C67H99N19O14S. The zero-order valence-corrected chi connectivity index (χ0v) is 58.2. The summed E-state index contributed by atoms with van der Waals surface area (Å²) in [4.78, 5) is 193. The number of rotatable bonds is 42. The first-order valence-corrected chi connectivity index (χ1v) is 35.5. The van der Waals surface area contributed by atoms with Gasteiger partial charge < -0.3 is 102 Å². The van der Waals surface area contributed by atoms with Crippen molar-refractivity contribution in [2.24, 2.45) is 45.3 Å². The van der Waals surface area contributed by atoms with Gasteiger partial charge in [0.15, 0.2) is 5.96 Å². The van der Waals surface area contributed by atoms with Gasteiger partial charge in [-0.05, 0) is 131 Å². The summed E-state index contributed by atoms with van der Waals surface area (Å²) in [7, 11) is 0. The predicted octanol–water partition coefficient (Wildman–Crippen LogP) is -2.15. The van der Waals surface area contributed by atoms with Crippen LogP contribution in [0.2, 0.25) is 0 Å². The molecule has 0 saturated carbocycles. The van der Waals surface area contributed by atoms with Crippen molar-refractivity contribution in [2.45, 2.75) is 183 Å². The number of nitrogens with two attached hydrogens (primary N) is 6. The van der Waals surface area contributed by atoms with E-state index >= 15 is 4.79 Å². The second-order valence-electron chi connectivity index (χ2n) is 25.8. The molecular weight excluding hydrogens is 1330 g/mol. The molecule has 0 spiro atoms. The van der Waals surface area contributed by atoms with Gasteiger partial charge in [0.2, 0.25) is 70.9 Å². The molecule has 2 aromatic carbocycles. The molecule has 2 saturated heterocycles. The molecule has 0 aliphatic carbocycles. The second-order valence-corrected chi connectivity index (χ2v) is 26.8. The summed E-state index contributed by atoms with van der Waals surface area (Å²) >= 11 is 1.40. The lowest BCUT2D eigenvalue weighted by Gasteiger charge is -2.32. The number of carboxylic acid groups (broad SMARTS) is 1. The van der Waals surface area contributed by atoms with Crippen LogP contribution in [0.25, 0.3) is 21.8 Å². The quantitative estimate of drug-likeness (QED) is 0.0128. The number of hydrogen-bond acceptors (Lipinski definition) is 17. The summed E-state index contributed by atoms with van der Waals surface area (Å²) in [5.74, 6) is -10.7. The number of carbonyl (C=O) groups excluding carboxylic acids is 12. The molecule has 2 fully saturated rings. The van der Waals surface area contributed by atoms with Gasteiger partial charge in [-0.2, -0.15) is 11.8 Å². The highest BCUT2D eigenvalue weighted by atomic mass is 32.2. The minimum Gasteiger partial charge on any atom is -0.480 e. The molecule has 34 heteroatoms. The summed E-state index contributed by atoms with van der Waals surface area (Å²) in [5, 5.41) is 32.3. The summed E-state index contributed by atoms with van der Waals surface area (Å²) in [6.45, 7) is 3.74. The van der Waals surface area contributed by atoms with Gasteiger partial charge in [-0.1, -0.05) is 50.2 Å². The first-order chi connectivity index (χ1) is 48.2. The molecule has 33 nitrogen and oxygen atoms in total. The summed E-state index contributed by atoms with van der Waals surface area (Å²) in [6, 6.07) is 1.18. The number of aliphatic imine (C=N–C) groups is 1. The van der Waals surface area contributed by atoms with Crippen molar-refractivity contribution in [3.8, 4) is 0 Å². The maximum Gasteiger partial charge on any atom is 0.326 e. The molecule has 2 aliphatic rings. The SMILES string of the molecule is CSCC[C@@H](NC(=O)[C@H](CC(C)C)NC(=O)CNC(=O)[C@H](Cc1c[nH]c2ccccc12)NC(=O)[C@@H](Cc1c[nH]c2ccccc12)NC(=O)[C@H](CCC(N)=O)NC(=O)[C@H](CCC(N)=O)NC(=O)[C@@H]1CCCN1C(=O)[C@H](CCCCN)NC(=O)[C@@H]1CCCN1C(=O)[C@@H](N)CCCN=C(N)N)C(=O)O. The number of benzene rings is 2. The number of thioether (sulfide) groups is 1. The Morgan fingerprint density at radius 2 is 1.06 bits per heavy atom. The number of aromatic amines is 2. The Morgan fingerprint density at radius 1 is 0.574 bits per heavy atom. The Morgan fingerprint density at radius 3 is 1.57 bits per heavy atom. The number of carbonyl (C=O) groups is 13. The van der Waals surface area contributed by atoms with Crippen molar-refractivity contribution >= 4 is 116 Å². The fourth-order valence-corrected chi connectivity index (χ4v) is 12.8. The smallest absolute Gasteiger partial charge is 0.326 e. The summed E-state index contributed by atoms with van der Waals surface area (Å²) < 4.78 is 0. The largest absolute Gasteiger partial charge is 0.480 e. The number of carboxylic acids is 1. The van der Waals surface area contributed by atoms with Gasteiger partial charge in [-0.3, -0.25) is 62.5 Å². The van der Waals surface area contributed by atoms with E-state index in [0.29, 0.717) is 77.2 Å². The number of para-hydroxylation sites is 2. The average molecular weight is 1430 g/mol. The summed E-state index contributed by atoms with van der Waals surface area (Å²) in [5.41, 5.74) is 36.6. The van der Waals surface area contributed by atoms with Gasteiger partial charge in [0.05, 0.1) is 12.6 Å². The van der Waals surface area contributed by atoms with E-state index in [2.05, 4.69) is 57.5 Å². The van der Waals surface area contributed by atoms with E-state index in [4.69, 9.17) is 34.4 Å². The average Bonchev–Trinajstić information content (AvgIpc) is 1.74. The van der Waals surface area contributed by atoms with Gasteiger partial charge in [0.1, 0.15) is 54.4 Å². The Kier molecular flexibility index (Phi) is 31.6. The number of hydrogen-bond donors (Lipinski definition) is 17. The van der Waals surface area contributed by atoms with E-state index in [9.17, 15) is 62.6 Å². The number of unbranched alkanes of at least 4 members (excludes halogenated alkanes) is 1. The molecule has 10 atom stereocenters. The number of primary amides is 2. The molecule has 2 aromatic heterocycles. The maximum atomic E-state index is 15.1. The number of nitrogens with zero attached hydrogens (tertiary/aromatic N) is 3. The minimum absolute atomic E-state index is 0.0631. The van der Waals surface area contributed by atoms with Crippen molar-refractivity contribution in [1.82, 2.24) is 62.3 Å². The second kappa shape index (κ2) is 39.8. The Balaban J connectivity index is 1.23. The molecule has 6 rings (SSSR count). The van der Waals surface area contributed by atoms with Gasteiger partial charge >= 0.3 is 5.97 Å². The van der Waals surface area contributed by atoms with Crippen LogP contribution in [-0.2, 0) is 75.2 Å². The number of fused-ring (bicyclic) bond motifs is 2. The highest BCUT2D eigenvalue weighted by Crippen LogP contribution is 2.25. The zero-order chi connectivity index (χ0) is 73.9. The van der Waals surface area contributed by atoms with Gasteiger partial charge in [0.25, 0.3) is 0 Å². The highest BCUT2D eigenvalue weighted by Gasteiger charge is 2.43. The third-order valence-electron chi connectivity index (χ3n) is 17.6. The van der Waals surface area contributed by atoms with Crippen LogP contribution in [0.5, 0.6) is 0 Å². The van der Waals surface area contributed by atoms with E-state index < -0.39 is 170 Å². The van der Waals surface area contributed by atoms with Crippen LogP contribution in [0, 0.1) is 5.92 Å². The van der Waals surface area contributed by atoms with E-state index in [0.717, 1.165) is 0 Å². The van der Waals surface area contributed by atoms with Gasteiger partial charge in [-0.25, -0.2) is 4.79 Å². The molecule has 101 heavy (non-hydrogen) atoms. The van der Waals surface area contributed by atoms with Gasteiger partial charge in [-0.15, -0.1) is 0 Å². The minimum atomic E-state index is -1.68. The van der Waals surface area contributed by atoms with Crippen molar-refractivity contribution in [2.75, 3.05) is 44.7 Å². The molecule has 23 N–H and O–H groups in total. The van der Waals surface area contributed by atoms with Crippen molar-refractivity contribution in [3.05, 3.63) is 72.1 Å². The summed E-state index contributed by atoms with van der Waals surface area (Å²) in [6.07, 6.45) is 5.89. The van der Waals surface area contributed by atoms with Crippen molar-refractivity contribution in [3.63, 3.8) is 0 Å². The van der Waals surface area contributed by atoms with E-state index in [-0.39, 0.29) is 83.0 Å². The van der Waals surface area contributed by atoms with E-state index in [1.165, 1.54) is 21.6 Å². The Bertz CT molecular complexity index is 3600. The molecule has 4 aromatic rings. The Hall–Kier alpha value is -9.83. The normalized spacial score (nSPS) is 16.7. The predicted molar refractivity (Wildman–Crippen MR) is 378 cm³/mol. The highest BCUT2D eigenvalue weighted by molar-refractivity contribution is 7.98. The molecule has 0 radical (unpaired) electrons. The van der Waals surface area contributed by atoms with Crippen LogP contribution in [0.4, 0.5) is 0 Å². The molecule has 0 unspecified atom stereocenters. The van der Waals surface area contributed by atoms with Gasteiger partial charge in [0, 0.05) is 79.5 Å². The lowest BCUT2D eigenvalue weighted by atomic mass is 10.0. The first-order valence-electron chi connectivity index (χ1n) is 34.1. The lowest BCUT2D eigenvalue weighted by molar-refractivity contribution is -0.144. The zero-order valence-electron chi connectivity index (χ0n) is 57.4. The van der Waals surface area contributed by atoms with E-state index in [1.54, 1.807) is 81.0 Å². The molecule has 0 bridgehead atoms. The monoisotopic (exact) mass is 1430 g/mol. The standard InChI is InChI=1S/C67H99N19O14S/c1-37(2)31-49(60(93)82-48(66(99)100)25-30-101-3)78-56(89)36-77-57(90)50(32-38-34-75-43-16-6-4-13-40(38)43)83-61(94)51(33-39-35-76-44-17-7-5-14-41(39)44)84-59(92)45(21-23-54(70)87)79-58(91)46(22-24-55(71)88)80-62(95)53-20-12-29-86(53)65(98)47(18-8-9-26-68)81-63(96)52-19-11-28-85(52)64(97)42(69)15-10-27-74-67(72)73/h4-7,13-14,16-17,34-35,37,42,45-53,75-76H,8-12,15,18-33,36,68-69H2,1-3H3,(H2,70,87)(H2,71,88)(H,77,90)(H,78,89)(H,79,91)(H,80,95)(H,81,96)(H,82,93)(H,83,94)(H,84,92)(H,99,100)(H4,72,73,74)/t42-,45-,46-,47-,48+,49-,50-,51+,52-,53-/m0/s1. The van der Waals surface area contributed by atoms with Crippen LogP contribution in [0.3, 0.4) is 0 Å². The van der Waals surface area contributed by atoms with E-state index in [1.807, 2.05) is 0 Å². The van der Waals surface area contributed by atoms with Crippen LogP contribution in [0.1, 0.15) is 121 Å². The first kappa shape index (κ1) is 80.1. The third kappa shape index (κ3) is 24.5. The van der Waals surface area contributed by atoms with Crippen LogP contribution in [0.15, 0.2) is 65.9 Å². The third-order valence-corrected chi connectivity index (χ3v) is 18.3. The number of H-pyrrole nitrogens is 2. The van der Waals surface area contributed by atoms with Crippen LogP contribution < -0.4 is 76.9 Å². The topological polar surface area (TPSA) is 545 Å². The number of aromatic nitrogens is 2. The van der Waals surface area contributed by atoms with Crippen LogP contribution in [-0.4, -0.2) is 213 Å². The van der Waals surface area contributed by atoms with Crippen molar-refractivity contribution in [1.29, 1.82) is 0 Å². The van der Waals surface area contributed by atoms with Crippen LogP contribution >= 0.6 is 11.8 Å². The maximum absolute atomic E-state index is 15.1. The lowest BCUT2D eigenvalue weighted by Crippen LogP contribution is -2.60. The Labute approximate surface area is 589 Å². The number of likely N-dealkylation sites (tertiary alicyclic amines) is 2. The fraction of sp³-hybridized carbons (Fsp3) is 0.552. The molecule has 2 aliphatic heterocycles. The number of guanidine groups is 1. The molecule has 4 heterocycles. The number of nitrogens with one attached hydrogen (secondary N) is 10. The fourth-order valence-electron chi connectivity index (χ4n) is 12.3. The molecule has 552 valence electrons. The number of amides is 12. The molecule has 12 amide bonds. The number of aliphatic carboxylic acids is 1.